The smallest absolute Gasteiger partial charge is 0.253 e. The molecule has 9 heteroatoms. The van der Waals surface area contributed by atoms with Crippen molar-refractivity contribution in [2.45, 2.75) is 19.8 Å². The molecule has 0 saturated heterocycles. The number of para-hydroxylation sites is 1. The van der Waals surface area contributed by atoms with E-state index in [9.17, 15) is 9.59 Å². The van der Waals surface area contributed by atoms with E-state index in [4.69, 9.17) is 0 Å². The van der Waals surface area contributed by atoms with Gasteiger partial charge in [-0.15, -0.1) is 0 Å². The van der Waals surface area contributed by atoms with Crippen molar-refractivity contribution in [3.05, 3.63) is 60.0 Å². The lowest BCUT2D eigenvalue weighted by Gasteiger charge is -2.03. The maximum atomic E-state index is 12.2. The van der Waals surface area contributed by atoms with Gasteiger partial charge in [-0.25, -0.2) is 9.97 Å². The summed E-state index contributed by atoms with van der Waals surface area (Å²) in [5.41, 5.74) is 5.56. The van der Waals surface area contributed by atoms with Crippen LogP contribution in [0.1, 0.15) is 29.4 Å². The number of pyridine rings is 2. The molecule has 5 aromatic rings. The van der Waals surface area contributed by atoms with Crippen molar-refractivity contribution in [2.75, 3.05) is 7.05 Å². The molecule has 1 aromatic carbocycles. The molecule has 0 bridgehead atoms. The summed E-state index contributed by atoms with van der Waals surface area (Å²) in [6.07, 6.45) is 4.32. The third-order valence-electron chi connectivity index (χ3n) is 5.56. The van der Waals surface area contributed by atoms with Crippen molar-refractivity contribution < 1.29 is 9.59 Å². The molecule has 5 rings (SSSR count). The summed E-state index contributed by atoms with van der Waals surface area (Å²) in [5, 5.41) is 10.7. The van der Waals surface area contributed by atoms with Gasteiger partial charge in [0.1, 0.15) is 17.0 Å². The Labute approximate surface area is 188 Å². The van der Waals surface area contributed by atoms with Crippen LogP contribution in [0.25, 0.3) is 44.7 Å². The van der Waals surface area contributed by atoms with E-state index in [2.05, 4.69) is 35.5 Å². The average molecular weight is 439 g/mol. The van der Waals surface area contributed by atoms with Gasteiger partial charge < -0.3 is 10.3 Å². The summed E-state index contributed by atoms with van der Waals surface area (Å²) >= 11 is 0. The van der Waals surface area contributed by atoms with Gasteiger partial charge in [0.15, 0.2) is 11.5 Å². The molecular weight excluding hydrogens is 418 g/mol. The number of aromatic amines is 2. The molecular formula is C24H21N7O2. The zero-order chi connectivity index (χ0) is 22.9. The number of hydrogen-bond acceptors (Lipinski definition) is 6. The second kappa shape index (κ2) is 8.27. The highest BCUT2D eigenvalue weighted by Crippen LogP contribution is 2.29. The lowest BCUT2D eigenvalue weighted by Crippen LogP contribution is -2.18. The van der Waals surface area contributed by atoms with E-state index in [1.54, 1.807) is 25.5 Å². The van der Waals surface area contributed by atoms with E-state index < -0.39 is 0 Å². The quantitative estimate of drug-likeness (QED) is 0.372. The van der Waals surface area contributed by atoms with E-state index in [0.29, 0.717) is 41.1 Å². The highest BCUT2D eigenvalue weighted by molar-refractivity contribution is 6.05. The molecule has 0 fully saturated rings. The minimum Gasteiger partial charge on any atom is -0.355 e. The first-order valence-electron chi connectivity index (χ1n) is 10.6. The van der Waals surface area contributed by atoms with Crippen molar-refractivity contribution in [1.29, 1.82) is 0 Å². The topological polar surface area (TPSA) is 129 Å². The molecule has 0 aliphatic carbocycles. The van der Waals surface area contributed by atoms with Crippen molar-refractivity contribution in [3.8, 4) is 22.6 Å². The molecule has 164 valence electrons. The van der Waals surface area contributed by atoms with Gasteiger partial charge in [0.05, 0.1) is 16.5 Å². The maximum absolute atomic E-state index is 12.2. The normalized spacial score (nSPS) is 11.2. The number of nitrogens with one attached hydrogen (secondary N) is 3. The lowest BCUT2D eigenvalue weighted by atomic mass is 10.1. The van der Waals surface area contributed by atoms with Crippen molar-refractivity contribution in [1.82, 2.24) is 35.5 Å². The van der Waals surface area contributed by atoms with Gasteiger partial charge >= 0.3 is 0 Å². The van der Waals surface area contributed by atoms with Crippen LogP contribution in [0.15, 0.2) is 48.8 Å². The maximum Gasteiger partial charge on any atom is 0.253 e. The Hall–Kier alpha value is -4.40. The molecule has 3 N–H and O–H groups in total. The Morgan fingerprint density at radius 3 is 2.67 bits per heavy atom. The third-order valence-corrected chi connectivity index (χ3v) is 5.56. The van der Waals surface area contributed by atoms with Gasteiger partial charge in [-0.2, -0.15) is 5.10 Å². The van der Waals surface area contributed by atoms with Crippen LogP contribution in [-0.2, 0) is 11.2 Å². The molecule has 33 heavy (non-hydrogen) atoms. The number of carbonyl (C=O) groups is 2. The Bertz CT molecular complexity index is 1500. The molecule has 0 radical (unpaired) electrons. The molecule has 4 heterocycles. The van der Waals surface area contributed by atoms with Crippen molar-refractivity contribution >= 4 is 33.8 Å². The fourth-order valence-corrected chi connectivity index (χ4v) is 3.73. The number of rotatable bonds is 6. The fraction of sp³-hybridized carbons (Fsp3) is 0.167. The van der Waals surface area contributed by atoms with Gasteiger partial charge in [0.25, 0.3) is 5.91 Å². The van der Waals surface area contributed by atoms with E-state index in [1.807, 2.05) is 37.3 Å². The van der Waals surface area contributed by atoms with E-state index in [0.717, 1.165) is 27.7 Å². The van der Waals surface area contributed by atoms with Crippen LogP contribution in [-0.4, -0.2) is 48.9 Å². The Morgan fingerprint density at radius 1 is 1.06 bits per heavy atom. The van der Waals surface area contributed by atoms with Gasteiger partial charge in [0, 0.05) is 49.1 Å². The zero-order valence-corrected chi connectivity index (χ0v) is 18.1. The molecule has 0 aliphatic rings. The molecule has 0 saturated carbocycles. The summed E-state index contributed by atoms with van der Waals surface area (Å²) in [7, 11) is 1.59. The van der Waals surface area contributed by atoms with Crippen molar-refractivity contribution in [2.24, 2.45) is 0 Å². The second-order valence-electron chi connectivity index (χ2n) is 7.67. The monoisotopic (exact) mass is 439 g/mol. The predicted molar refractivity (Wildman–Crippen MR) is 125 cm³/mol. The molecule has 9 nitrogen and oxygen atoms in total. The van der Waals surface area contributed by atoms with E-state index >= 15 is 0 Å². The Balaban J connectivity index is 1.54. The number of ketones is 1. The summed E-state index contributed by atoms with van der Waals surface area (Å²) in [6, 6.07) is 11.2. The lowest BCUT2D eigenvalue weighted by molar-refractivity contribution is -0.118. The fourth-order valence-electron chi connectivity index (χ4n) is 3.73. The first-order valence-corrected chi connectivity index (χ1v) is 10.6. The number of imidazole rings is 1. The summed E-state index contributed by atoms with van der Waals surface area (Å²) in [4.78, 5) is 40.7. The molecule has 0 unspecified atom stereocenters. The summed E-state index contributed by atoms with van der Waals surface area (Å²) < 4.78 is 0. The largest absolute Gasteiger partial charge is 0.355 e. The number of Topliss-reactive ketones (excluding diaryl/α,β-unsaturated/α-hetero) is 1. The van der Waals surface area contributed by atoms with Gasteiger partial charge in [0.2, 0.25) is 0 Å². The van der Waals surface area contributed by atoms with Crippen LogP contribution in [0.5, 0.6) is 0 Å². The number of benzene rings is 1. The number of aromatic nitrogens is 6. The Kier molecular flexibility index (Phi) is 5.14. The van der Waals surface area contributed by atoms with Crippen LogP contribution >= 0.6 is 0 Å². The SMILES string of the molecule is CCC(=O)Cc1ccc(-c2cnc3n[nH]c(-c4nc5c(C(=O)NC)cccc5[nH]4)c3c2)cn1. The second-order valence-corrected chi connectivity index (χ2v) is 7.67. The first-order chi connectivity index (χ1) is 16.1. The first kappa shape index (κ1) is 20.5. The number of fused-ring (bicyclic) bond motifs is 2. The van der Waals surface area contributed by atoms with Crippen molar-refractivity contribution in [3.63, 3.8) is 0 Å². The number of H-pyrrole nitrogens is 2. The minimum absolute atomic E-state index is 0.159. The standard InChI is InChI=1S/C24H21N7O2/c1-3-16(32)10-15-8-7-13(11-26-15)14-9-18-21(30-31-22(18)27-12-14)23-28-19-6-4-5-17(20(19)29-23)24(33)25-2/h4-9,11-12H,3,10H2,1-2H3,(H,25,33)(H,28,29)(H,27,30,31). The number of amides is 1. The van der Waals surface area contributed by atoms with Crippen LogP contribution in [0.2, 0.25) is 0 Å². The van der Waals surface area contributed by atoms with E-state index in [1.165, 1.54) is 0 Å². The molecule has 4 aromatic heterocycles. The van der Waals surface area contributed by atoms with Crippen LogP contribution < -0.4 is 5.32 Å². The molecule has 0 spiro atoms. The molecule has 0 atom stereocenters. The average Bonchev–Trinajstić information content (AvgIpc) is 3.47. The summed E-state index contributed by atoms with van der Waals surface area (Å²) in [6.45, 7) is 1.85. The number of hydrogen-bond donors (Lipinski definition) is 3. The number of nitrogens with zero attached hydrogens (tertiary/aromatic N) is 4. The van der Waals surface area contributed by atoms with Gasteiger partial charge in [-0.05, 0) is 24.3 Å². The van der Waals surface area contributed by atoms with Crippen LogP contribution in [0, 0.1) is 0 Å². The number of carbonyl (C=O) groups excluding carboxylic acids is 2. The van der Waals surface area contributed by atoms with E-state index in [-0.39, 0.29) is 11.7 Å². The zero-order valence-electron chi connectivity index (χ0n) is 18.1. The predicted octanol–water partition coefficient (Wildman–Crippen LogP) is 3.44. The summed E-state index contributed by atoms with van der Waals surface area (Å²) in [5.74, 6) is 0.523. The third kappa shape index (κ3) is 3.73. The van der Waals surface area contributed by atoms with Gasteiger partial charge in [-0.1, -0.05) is 19.1 Å². The van der Waals surface area contributed by atoms with Crippen LogP contribution in [0.3, 0.4) is 0 Å². The molecule has 1 amide bonds. The minimum atomic E-state index is -0.200. The van der Waals surface area contributed by atoms with Gasteiger partial charge in [-0.3, -0.25) is 19.7 Å². The highest BCUT2D eigenvalue weighted by atomic mass is 16.1. The van der Waals surface area contributed by atoms with Crippen LogP contribution in [0.4, 0.5) is 0 Å². The Morgan fingerprint density at radius 2 is 1.91 bits per heavy atom. The molecule has 0 aliphatic heterocycles. The highest BCUT2D eigenvalue weighted by Gasteiger charge is 2.17.